The van der Waals surface area contributed by atoms with Crippen LogP contribution >= 0.6 is 0 Å². The topological polar surface area (TPSA) is 66.8 Å². The van der Waals surface area contributed by atoms with E-state index < -0.39 is 18.3 Å². The Kier molecular flexibility index (Phi) is 1.68. The van der Waals surface area contributed by atoms with Gasteiger partial charge < -0.3 is 0 Å². The first-order valence-electron chi connectivity index (χ1n) is 3.38. The quantitative estimate of drug-likeness (QED) is 0.390. The Hall–Kier alpha value is -0.0905. The van der Waals surface area contributed by atoms with Crippen LogP contribution in [0, 0.1) is 0 Å². The number of hydrogen-bond donors (Lipinski definition) is 2. The summed E-state index contributed by atoms with van der Waals surface area (Å²) in [6.07, 6.45) is -2.05. The van der Waals surface area contributed by atoms with Crippen LogP contribution in [-0.2, 0) is 9.53 Å². The van der Waals surface area contributed by atoms with E-state index >= 15 is 0 Å². The van der Waals surface area contributed by atoms with Gasteiger partial charge in [-0.3, -0.25) is 0 Å². The van der Waals surface area contributed by atoms with Crippen molar-refractivity contribution in [2.75, 3.05) is 0 Å². The first-order valence-corrected chi connectivity index (χ1v) is 5.58. The molecule has 2 N–H and O–H groups in total. The number of carbonyl (C=O) groups is 1. The number of rotatable bonds is 0. The van der Waals surface area contributed by atoms with E-state index in [1.165, 1.54) is 0 Å². The van der Waals surface area contributed by atoms with Crippen molar-refractivity contribution in [2.24, 2.45) is 0 Å². The van der Waals surface area contributed by atoms with E-state index in [0.717, 1.165) is 0 Å². The standard InChI is InChI=1S/C6H8O4Se/c7-2-1-11-5-3(8)4(2)10-6(5)9/h2-5,7-8H,1H2/t2?,3-,4?,5?/m0/s1. The van der Waals surface area contributed by atoms with Crippen LogP contribution in [0.15, 0.2) is 0 Å². The molecule has 2 heterocycles. The normalized spacial score (nSPS) is 49.1. The zero-order valence-electron chi connectivity index (χ0n) is 5.64. The second kappa shape index (κ2) is 2.45. The van der Waals surface area contributed by atoms with Crippen LogP contribution in [0.1, 0.15) is 0 Å². The number of fused-ring (bicyclic) bond motifs is 2. The molecule has 4 nitrogen and oxygen atoms in total. The predicted molar refractivity (Wildman–Crippen MR) is 36.2 cm³/mol. The fraction of sp³-hybridized carbons (Fsp3) is 0.833. The van der Waals surface area contributed by atoms with Crippen LogP contribution in [0.5, 0.6) is 0 Å². The van der Waals surface area contributed by atoms with Crippen LogP contribution in [0.25, 0.3) is 0 Å². The molecule has 0 aromatic carbocycles. The van der Waals surface area contributed by atoms with Crippen molar-refractivity contribution in [2.45, 2.75) is 28.4 Å². The molecule has 62 valence electrons. The Morgan fingerprint density at radius 3 is 2.91 bits per heavy atom. The first kappa shape index (κ1) is 7.55. The van der Waals surface area contributed by atoms with Gasteiger partial charge >= 0.3 is 69.1 Å². The summed E-state index contributed by atoms with van der Waals surface area (Å²) in [5, 5.41) is 19.2. The minimum atomic E-state index is -0.758. The molecule has 2 aliphatic heterocycles. The van der Waals surface area contributed by atoms with Gasteiger partial charge in [0.05, 0.1) is 0 Å². The van der Waals surface area contributed by atoms with Gasteiger partial charge in [-0.25, -0.2) is 0 Å². The molecule has 2 aliphatic rings. The third-order valence-corrected chi connectivity index (χ3v) is 4.82. The molecule has 0 saturated carbocycles. The average molecular weight is 223 g/mol. The van der Waals surface area contributed by atoms with Crippen LogP contribution in [-0.4, -0.2) is 49.5 Å². The van der Waals surface area contributed by atoms with Crippen LogP contribution in [0.4, 0.5) is 0 Å². The monoisotopic (exact) mass is 224 g/mol. The van der Waals surface area contributed by atoms with E-state index in [4.69, 9.17) is 4.74 Å². The number of aliphatic hydroxyl groups excluding tert-OH is 2. The van der Waals surface area contributed by atoms with E-state index in [-0.39, 0.29) is 25.7 Å². The Morgan fingerprint density at radius 2 is 2.27 bits per heavy atom. The van der Waals surface area contributed by atoms with Crippen LogP contribution < -0.4 is 0 Å². The molecule has 0 amide bonds. The average Bonchev–Trinajstić information content (AvgIpc) is 2.12. The molecule has 0 aliphatic carbocycles. The van der Waals surface area contributed by atoms with E-state index in [9.17, 15) is 15.0 Å². The molecule has 2 rings (SSSR count). The summed E-state index contributed by atoms with van der Waals surface area (Å²) in [5.41, 5.74) is 0. The second-order valence-electron chi connectivity index (χ2n) is 2.71. The number of esters is 1. The number of aliphatic hydroxyl groups is 2. The number of hydrogen-bond acceptors (Lipinski definition) is 4. The van der Waals surface area contributed by atoms with Gasteiger partial charge in [0.25, 0.3) is 0 Å². The maximum absolute atomic E-state index is 10.9. The molecule has 11 heavy (non-hydrogen) atoms. The summed E-state index contributed by atoms with van der Waals surface area (Å²) in [4.78, 5) is 10.6. The van der Waals surface area contributed by atoms with Crippen molar-refractivity contribution >= 4 is 20.9 Å². The number of ether oxygens (including phenoxy) is 1. The SMILES string of the molecule is O=C1OC2C(O)C[Se]C1[C@H]2O. The van der Waals surface area contributed by atoms with E-state index in [2.05, 4.69) is 0 Å². The molecule has 5 heteroatoms. The second-order valence-corrected chi connectivity index (χ2v) is 5.18. The first-order chi connectivity index (χ1) is 5.20. The van der Waals surface area contributed by atoms with Crippen molar-refractivity contribution in [1.29, 1.82) is 0 Å². The van der Waals surface area contributed by atoms with Crippen molar-refractivity contribution in [3.05, 3.63) is 0 Å². The van der Waals surface area contributed by atoms with Gasteiger partial charge in [0.15, 0.2) is 0 Å². The van der Waals surface area contributed by atoms with Gasteiger partial charge in [0.2, 0.25) is 0 Å². The van der Waals surface area contributed by atoms with Crippen LogP contribution in [0.2, 0.25) is 10.1 Å². The molecular formula is C6H8O4Se. The van der Waals surface area contributed by atoms with Gasteiger partial charge in [0, 0.05) is 0 Å². The van der Waals surface area contributed by atoms with Gasteiger partial charge in [-0.15, -0.1) is 0 Å². The zero-order chi connectivity index (χ0) is 8.01. The molecule has 2 saturated heterocycles. The summed E-state index contributed by atoms with van der Waals surface area (Å²) >= 11 is 0.00289. The van der Waals surface area contributed by atoms with Gasteiger partial charge in [-0.2, -0.15) is 0 Å². The molecule has 3 unspecified atom stereocenters. The molecule has 2 bridgehead atoms. The fourth-order valence-corrected chi connectivity index (χ4v) is 3.74. The minimum absolute atomic E-state index is 0.00289. The molecule has 2 fully saturated rings. The van der Waals surface area contributed by atoms with Crippen molar-refractivity contribution in [1.82, 2.24) is 0 Å². The van der Waals surface area contributed by atoms with Crippen molar-refractivity contribution in [3.63, 3.8) is 0 Å². The fourth-order valence-electron chi connectivity index (χ4n) is 1.35. The molecule has 0 aromatic heterocycles. The molecule has 0 spiro atoms. The summed E-state index contributed by atoms with van der Waals surface area (Å²) in [7, 11) is 0. The Morgan fingerprint density at radius 1 is 1.55 bits per heavy atom. The third-order valence-electron chi connectivity index (χ3n) is 1.96. The Balaban J connectivity index is 2.23. The summed E-state index contributed by atoms with van der Waals surface area (Å²) < 4.78 is 4.79. The molecule has 0 aromatic rings. The maximum atomic E-state index is 10.9. The predicted octanol–water partition coefficient (Wildman–Crippen LogP) is -1.44. The van der Waals surface area contributed by atoms with E-state index in [0.29, 0.717) is 5.32 Å². The Labute approximate surface area is 69.7 Å². The summed E-state index contributed by atoms with van der Waals surface area (Å²) in [6.45, 7) is 0. The van der Waals surface area contributed by atoms with Crippen LogP contribution in [0.3, 0.4) is 0 Å². The van der Waals surface area contributed by atoms with Crippen molar-refractivity contribution < 1.29 is 19.7 Å². The van der Waals surface area contributed by atoms with E-state index in [1.807, 2.05) is 0 Å². The van der Waals surface area contributed by atoms with Gasteiger partial charge in [-0.1, -0.05) is 0 Å². The molecule has 0 radical (unpaired) electrons. The zero-order valence-corrected chi connectivity index (χ0v) is 7.35. The number of carbonyl (C=O) groups excluding carboxylic acids is 1. The van der Waals surface area contributed by atoms with E-state index in [1.54, 1.807) is 0 Å². The Bertz CT molecular complexity index is 195. The molecular weight excluding hydrogens is 215 g/mol. The summed E-state index contributed by atoms with van der Waals surface area (Å²) in [6, 6.07) is 0. The van der Waals surface area contributed by atoms with Gasteiger partial charge in [0.1, 0.15) is 0 Å². The van der Waals surface area contributed by atoms with Gasteiger partial charge in [-0.05, 0) is 0 Å². The molecule has 4 atom stereocenters. The third kappa shape index (κ3) is 0.999. The summed E-state index contributed by atoms with van der Waals surface area (Å²) in [5.74, 6) is -0.334. The van der Waals surface area contributed by atoms with Crippen molar-refractivity contribution in [3.8, 4) is 0 Å².